The van der Waals surface area contributed by atoms with Crippen LogP contribution in [0.1, 0.15) is 0 Å². The van der Waals surface area contributed by atoms with Crippen LogP contribution in [0.2, 0.25) is 0 Å². The number of hydrogen-bond acceptors (Lipinski definition) is 5. The summed E-state index contributed by atoms with van der Waals surface area (Å²) in [5.41, 5.74) is -6.75. The fourth-order valence-electron chi connectivity index (χ4n) is 0.714. The maximum absolute atomic E-state index is 13.2. The van der Waals surface area contributed by atoms with Gasteiger partial charge in [0.15, 0.2) is 10.1 Å². The SMILES string of the molecule is O=S(=O)([O-])C(F)(F)OC(F)(C(F)(F)F)C(F)(F)OC(F)=C(F)F. The van der Waals surface area contributed by atoms with Gasteiger partial charge in [0.2, 0.25) is 0 Å². The molecule has 0 heterocycles. The van der Waals surface area contributed by atoms with E-state index in [-0.39, 0.29) is 0 Å². The largest absolute Gasteiger partial charge is 0.741 e. The van der Waals surface area contributed by atoms with Crippen LogP contribution in [-0.2, 0) is 19.6 Å². The maximum atomic E-state index is 13.2. The molecule has 0 N–H and O–H groups in total. The van der Waals surface area contributed by atoms with Gasteiger partial charge in [-0.2, -0.15) is 48.3 Å². The first-order valence-electron chi connectivity index (χ1n) is 4.35. The molecule has 0 aromatic rings. The highest BCUT2D eigenvalue weighted by Crippen LogP contribution is 2.50. The zero-order valence-corrected chi connectivity index (χ0v) is 10.4. The molecule has 23 heavy (non-hydrogen) atoms. The summed E-state index contributed by atoms with van der Waals surface area (Å²) in [6, 6.07) is -3.82. The van der Waals surface area contributed by atoms with Crippen molar-refractivity contribution in [3.05, 3.63) is 12.1 Å². The fourth-order valence-corrected chi connectivity index (χ4v) is 0.931. The van der Waals surface area contributed by atoms with Crippen LogP contribution in [0.15, 0.2) is 12.1 Å². The van der Waals surface area contributed by atoms with E-state index in [4.69, 9.17) is 0 Å². The van der Waals surface area contributed by atoms with Crippen molar-refractivity contribution >= 4 is 10.1 Å². The van der Waals surface area contributed by atoms with E-state index in [9.17, 15) is 61.3 Å². The molecule has 0 rings (SSSR count). The molecule has 0 aliphatic heterocycles. The number of ether oxygens (including phenoxy) is 2. The van der Waals surface area contributed by atoms with Crippen LogP contribution in [0.4, 0.5) is 48.3 Å². The molecule has 0 aromatic heterocycles. The molecule has 17 heteroatoms. The summed E-state index contributed by atoms with van der Waals surface area (Å²) in [4.78, 5) is 0. The lowest BCUT2D eigenvalue weighted by Gasteiger charge is -2.35. The third kappa shape index (κ3) is 4.34. The Morgan fingerprint density at radius 1 is 0.870 bits per heavy atom. The normalized spacial score (nSPS) is 16.7. The number of hydrogen-bond donors (Lipinski definition) is 0. The quantitative estimate of drug-likeness (QED) is 0.394. The second-order valence-electron chi connectivity index (χ2n) is 3.27. The van der Waals surface area contributed by atoms with E-state index >= 15 is 0 Å². The number of halogens is 11. The van der Waals surface area contributed by atoms with E-state index in [1.54, 1.807) is 4.74 Å². The lowest BCUT2D eigenvalue weighted by atomic mass is 10.2. The zero-order chi connectivity index (χ0) is 19.1. The Labute approximate surface area is 118 Å². The Hall–Kier alpha value is -1.36. The van der Waals surface area contributed by atoms with Crippen LogP contribution in [0, 0.1) is 0 Å². The van der Waals surface area contributed by atoms with Gasteiger partial charge >= 0.3 is 35.7 Å². The molecule has 0 aliphatic carbocycles. The average molecular weight is 393 g/mol. The molecule has 0 bridgehead atoms. The molecule has 0 saturated heterocycles. The van der Waals surface area contributed by atoms with Crippen molar-refractivity contribution in [3.8, 4) is 0 Å². The molecule has 138 valence electrons. The van der Waals surface area contributed by atoms with Crippen molar-refractivity contribution in [2.45, 2.75) is 23.6 Å². The summed E-state index contributed by atoms with van der Waals surface area (Å²) >= 11 is 0. The Morgan fingerprint density at radius 2 is 1.26 bits per heavy atom. The lowest BCUT2D eigenvalue weighted by Crippen LogP contribution is -2.61. The van der Waals surface area contributed by atoms with Gasteiger partial charge < -0.3 is 9.29 Å². The van der Waals surface area contributed by atoms with Gasteiger partial charge in [-0.05, 0) is 0 Å². The monoisotopic (exact) mass is 393 g/mol. The average Bonchev–Trinajstić information content (AvgIpc) is 2.23. The van der Waals surface area contributed by atoms with E-state index in [0.717, 1.165) is 0 Å². The molecule has 0 amide bonds. The molecule has 0 saturated carbocycles. The summed E-state index contributed by atoms with van der Waals surface area (Å²) in [5, 5.41) is 0. The van der Waals surface area contributed by atoms with Crippen molar-refractivity contribution in [3.63, 3.8) is 0 Å². The molecule has 0 aliphatic rings. The van der Waals surface area contributed by atoms with Crippen molar-refractivity contribution < 1.29 is 70.7 Å². The van der Waals surface area contributed by atoms with Gasteiger partial charge in [-0.1, -0.05) is 0 Å². The smallest absolute Gasteiger partial charge is 0.471 e. The summed E-state index contributed by atoms with van der Waals surface area (Å²) in [6.07, 6.45) is -18.1. The van der Waals surface area contributed by atoms with Crippen molar-refractivity contribution in [1.82, 2.24) is 0 Å². The molecule has 0 spiro atoms. The van der Waals surface area contributed by atoms with Gasteiger partial charge in [0, 0.05) is 0 Å². The summed E-state index contributed by atoms with van der Waals surface area (Å²) in [7, 11) is -7.29. The highest BCUT2D eigenvalue weighted by atomic mass is 32.2. The molecule has 1 atom stereocenters. The van der Waals surface area contributed by atoms with Gasteiger partial charge in [0.25, 0.3) is 0 Å². The Bertz CT molecular complexity index is 576. The van der Waals surface area contributed by atoms with E-state index in [1.807, 2.05) is 4.74 Å². The van der Waals surface area contributed by atoms with Crippen LogP contribution in [0.5, 0.6) is 0 Å². The second kappa shape index (κ2) is 5.93. The Balaban J connectivity index is 6.11. The molecular weight excluding hydrogens is 393 g/mol. The maximum Gasteiger partial charge on any atom is 0.471 e. The van der Waals surface area contributed by atoms with E-state index in [1.165, 1.54) is 0 Å². The molecular formula is C6F11O5S-. The van der Waals surface area contributed by atoms with Gasteiger partial charge in [0.1, 0.15) is 0 Å². The van der Waals surface area contributed by atoms with Crippen LogP contribution in [0.25, 0.3) is 0 Å². The first-order chi connectivity index (χ1) is 9.78. The lowest BCUT2D eigenvalue weighted by molar-refractivity contribution is -0.485. The van der Waals surface area contributed by atoms with Crippen molar-refractivity contribution in [2.75, 3.05) is 0 Å². The van der Waals surface area contributed by atoms with Crippen molar-refractivity contribution in [2.24, 2.45) is 0 Å². The Kier molecular flexibility index (Phi) is 5.58. The van der Waals surface area contributed by atoms with Gasteiger partial charge in [-0.15, -0.1) is 0 Å². The fraction of sp³-hybridized carbons (Fsp3) is 0.667. The van der Waals surface area contributed by atoms with Crippen LogP contribution in [0.3, 0.4) is 0 Å². The number of rotatable bonds is 6. The molecule has 0 fully saturated rings. The predicted molar refractivity (Wildman–Crippen MR) is 42.0 cm³/mol. The van der Waals surface area contributed by atoms with Gasteiger partial charge in [0.05, 0.1) is 0 Å². The topological polar surface area (TPSA) is 75.7 Å². The Morgan fingerprint density at radius 3 is 1.52 bits per heavy atom. The molecule has 0 aromatic carbocycles. The standard InChI is InChI=1S/C6HF11O5S/c7-1(8)2(9)21-5(14,15)3(10,4(11,12)13)22-6(16,17)23(18,19)20/h(H,18,19,20)/p-1. The van der Waals surface area contributed by atoms with E-state index < -0.39 is 45.8 Å². The first kappa shape index (κ1) is 21.6. The highest BCUT2D eigenvalue weighted by Gasteiger charge is 2.79. The van der Waals surface area contributed by atoms with Gasteiger partial charge in [-0.3, -0.25) is 4.74 Å². The summed E-state index contributed by atoms with van der Waals surface area (Å²) in [6.45, 7) is 0. The third-order valence-electron chi connectivity index (χ3n) is 1.66. The minimum atomic E-state index is -7.29. The van der Waals surface area contributed by atoms with Crippen molar-refractivity contribution in [1.29, 1.82) is 0 Å². The second-order valence-corrected chi connectivity index (χ2v) is 4.65. The molecule has 5 nitrogen and oxygen atoms in total. The van der Waals surface area contributed by atoms with Crippen LogP contribution in [-0.4, -0.2) is 36.6 Å². The minimum absolute atomic E-state index is 1.67. The van der Waals surface area contributed by atoms with E-state index in [0.29, 0.717) is 0 Å². The third-order valence-corrected chi connectivity index (χ3v) is 2.32. The minimum Gasteiger partial charge on any atom is -0.741 e. The van der Waals surface area contributed by atoms with E-state index in [2.05, 4.69) is 0 Å². The molecule has 0 radical (unpaired) electrons. The summed E-state index contributed by atoms with van der Waals surface area (Å²) in [5.74, 6) is -7.20. The predicted octanol–water partition coefficient (Wildman–Crippen LogP) is 2.97. The first-order valence-corrected chi connectivity index (χ1v) is 5.76. The highest BCUT2D eigenvalue weighted by molar-refractivity contribution is 7.86. The summed E-state index contributed by atoms with van der Waals surface area (Å²) < 4.78 is 168. The van der Waals surface area contributed by atoms with Crippen LogP contribution >= 0.6 is 0 Å². The van der Waals surface area contributed by atoms with Crippen LogP contribution < -0.4 is 0 Å². The van der Waals surface area contributed by atoms with Gasteiger partial charge in [-0.25, -0.2) is 8.42 Å². The number of alkyl halides is 8. The zero-order valence-electron chi connectivity index (χ0n) is 9.61. The molecule has 1 unspecified atom stereocenters.